The third-order valence-electron chi connectivity index (χ3n) is 1.05. The van der Waals surface area contributed by atoms with E-state index in [2.05, 4.69) is 6.58 Å². The number of ketones is 1. The molecule has 0 saturated heterocycles. The Morgan fingerprint density at radius 3 is 2.55 bits per heavy atom. The molecule has 1 atom stereocenters. The predicted molar refractivity (Wildman–Crippen MR) is 41.7 cm³/mol. The fraction of sp³-hybridized carbons (Fsp3) is 0.429. The SMILES string of the molecule is C=CCC(Cl)C(=O)CC(=O)O. The number of Topliss-reactive ketones (excluding diaryl/α,β-unsaturated/α-hetero) is 1. The molecule has 1 N–H and O–H groups in total. The van der Waals surface area contributed by atoms with Gasteiger partial charge in [0.05, 0.1) is 5.38 Å². The molecule has 1 unspecified atom stereocenters. The molecule has 3 nitrogen and oxygen atoms in total. The van der Waals surface area contributed by atoms with Gasteiger partial charge in [0.2, 0.25) is 0 Å². The first-order chi connectivity index (χ1) is 5.07. The maximum Gasteiger partial charge on any atom is 0.310 e. The van der Waals surface area contributed by atoms with Crippen molar-refractivity contribution in [3.8, 4) is 0 Å². The fourth-order valence-electron chi connectivity index (χ4n) is 0.538. The zero-order chi connectivity index (χ0) is 8.85. The highest BCUT2D eigenvalue weighted by Gasteiger charge is 2.16. The number of alkyl halides is 1. The lowest BCUT2D eigenvalue weighted by Crippen LogP contribution is -2.17. The van der Waals surface area contributed by atoms with Gasteiger partial charge in [0.15, 0.2) is 5.78 Å². The summed E-state index contributed by atoms with van der Waals surface area (Å²) < 4.78 is 0. The van der Waals surface area contributed by atoms with Crippen LogP contribution in [0.5, 0.6) is 0 Å². The standard InChI is InChI=1S/C7H9ClO3/c1-2-3-5(8)6(9)4-7(10)11/h2,5H,1,3-4H2,(H,10,11). The van der Waals surface area contributed by atoms with E-state index in [0.717, 1.165) is 0 Å². The maximum atomic E-state index is 10.8. The number of hydrogen-bond acceptors (Lipinski definition) is 2. The Kier molecular flexibility index (Phi) is 4.54. The average molecular weight is 177 g/mol. The third kappa shape index (κ3) is 4.56. The molecule has 0 aromatic rings. The molecule has 0 radical (unpaired) electrons. The lowest BCUT2D eigenvalue weighted by molar-refractivity contribution is -0.140. The lowest BCUT2D eigenvalue weighted by atomic mass is 10.1. The van der Waals surface area contributed by atoms with Crippen molar-refractivity contribution in [2.75, 3.05) is 0 Å². The molecule has 0 saturated carbocycles. The van der Waals surface area contributed by atoms with E-state index in [0.29, 0.717) is 6.42 Å². The van der Waals surface area contributed by atoms with Crippen molar-refractivity contribution in [2.24, 2.45) is 0 Å². The zero-order valence-electron chi connectivity index (χ0n) is 5.92. The number of rotatable bonds is 5. The van der Waals surface area contributed by atoms with Gasteiger partial charge in [-0.15, -0.1) is 18.2 Å². The summed E-state index contributed by atoms with van der Waals surface area (Å²) in [6.07, 6.45) is 1.28. The van der Waals surface area contributed by atoms with Crippen LogP contribution in [0.25, 0.3) is 0 Å². The van der Waals surface area contributed by atoms with Gasteiger partial charge in [0, 0.05) is 0 Å². The van der Waals surface area contributed by atoms with Crippen LogP contribution < -0.4 is 0 Å². The number of carbonyl (C=O) groups excluding carboxylic acids is 1. The minimum Gasteiger partial charge on any atom is -0.481 e. The summed E-state index contributed by atoms with van der Waals surface area (Å²) in [7, 11) is 0. The summed E-state index contributed by atoms with van der Waals surface area (Å²) >= 11 is 5.49. The topological polar surface area (TPSA) is 54.4 Å². The monoisotopic (exact) mass is 176 g/mol. The second kappa shape index (κ2) is 4.91. The summed E-state index contributed by atoms with van der Waals surface area (Å²) in [5.41, 5.74) is 0. The molecule has 0 aliphatic rings. The van der Waals surface area contributed by atoms with E-state index in [1.807, 2.05) is 0 Å². The van der Waals surface area contributed by atoms with E-state index in [1.54, 1.807) is 0 Å². The minimum atomic E-state index is -1.15. The molecule has 0 spiro atoms. The van der Waals surface area contributed by atoms with Gasteiger partial charge in [-0.2, -0.15) is 0 Å². The average Bonchev–Trinajstić information content (AvgIpc) is 1.86. The van der Waals surface area contributed by atoms with E-state index in [9.17, 15) is 9.59 Å². The van der Waals surface area contributed by atoms with E-state index in [-0.39, 0.29) is 0 Å². The van der Waals surface area contributed by atoms with Gasteiger partial charge in [-0.25, -0.2) is 0 Å². The number of aliphatic carboxylic acids is 1. The first-order valence-electron chi connectivity index (χ1n) is 3.07. The molecular weight excluding hydrogens is 168 g/mol. The third-order valence-corrected chi connectivity index (χ3v) is 1.47. The first-order valence-corrected chi connectivity index (χ1v) is 3.51. The van der Waals surface area contributed by atoms with Crippen LogP contribution in [0, 0.1) is 0 Å². The summed E-state index contributed by atoms with van der Waals surface area (Å²) in [6, 6.07) is 0. The Balaban J connectivity index is 3.82. The molecule has 4 heteroatoms. The van der Waals surface area contributed by atoms with Crippen LogP contribution in [-0.2, 0) is 9.59 Å². The smallest absolute Gasteiger partial charge is 0.310 e. The number of carbonyl (C=O) groups is 2. The number of hydrogen-bond donors (Lipinski definition) is 1. The molecule has 0 aliphatic carbocycles. The Hall–Kier alpha value is -0.830. The van der Waals surface area contributed by atoms with Crippen LogP contribution in [0.2, 0.25) is 0 Å². The highest BCUT2D eigenvalue weighted by molar-refractivity contribution is 6.32. The Labute approximate surface area is 69.7 Å². The molecular formula is C7H9ClO3. The molecule has 0 rings (SSSR count). The van der Waals surface area contributed by atoms with E-state index in [4.69, 9.17) is 16.7 Å². The van der Waals surface area contributed by atoms with Crippen LogP contribution in [0.15, 0.2) is 12.7 Å². The maximum absolute atomic E-state index is 10.8. The van der Waals surface area contributed by atoms with Gasteiger partial charge < -0.3 is 5.11 Å². The minimum absolute atomic E-state index is 0.313. The van der Waals surface area contributed by atoms with Gasteiger partial charge in [0.25, 0.3) is 0 Å². The molecule has 0 heterocycles. The van der Waals surface area contributed by atoms with Crippen molar-refractivity contribution >= 4 is 23.4 Å². The van der Waals surface area contributed by atoms with E-state index in [1.165, 1.54) is 6.08 Å². The van der Waals surface area contributed by atoms with Crippen LogP contribution in [0.4, 0.5) is 0 Å². The quantitative estimate of drug-likeness (QED) is 0.389. The summed E-state index contributed by atoms with van der Waals surface area (Å²) in [6.45, 7) is 3.38. The predicted octanol–water partition coefficient (Wildman–Crippen LogP) is 1.21. The second-order valence-electron chi connectivity index (χ2n) is 2.03. The Bertz CT molecular complexity index is 177. The Morgan fingerprint density at radius 2 is 2.18 bits per heavy atom. The largest absolute Gasteiger partial charge is 0.481 e. The van der Waals surface area contributed by atoms with Gasteiger partial charge in [-0.3, -0.25) is 9.59 Å². The molecule has 0 amide bonds. The second-order valence-corrected chi connectivity index (χ2v) is 2.56. The van der Waals surface area contributed by atoms with Crippen molar-refractivity contribution in [2.45, 2.75) is 18.2 Å². The van der Waals surface area contributed by atoms with E-state index >= 15 is 0 Å². The molecule has 0 aromatic carbocycles. The van der Waals surface area contributed by atoms with Crippen molar-refractivity contribution < 1.29 is 14.7 Å². The van der Waals surface area contributed by atoms with Crippen LogP contribution in [-0.4, -0.2) is 22.2 Å². The number of carboxylic acids is 1. The van der Waals surface area contributed by atoms with Gasteiger partial charge in [-0.1, -0.05) is 6.08 Å². The molecule has 0 aromatic heterocycles. The highest BCUT2D eigenvalue weighted by atomic mass is 35.5. The highest BCUT2D eigenvalue weighted by Crippen LogP contribution is 2.06. The van der Waals surface area contributed by atoms with Crippen molar-refractivity contribution in [3.05, 3.63) is 12.7 Å². The van der Waals surface area contributed by atoms with Crippen molar-refractivity contribution in [1.29, 1.82) is 0 Å². The number of allylic oxidation sites excluding steroid dienone is 1. The van der Waals surface area contributed by atoms with Crippen LogP contribution >= 0.6 is 11.6 Å². The molecule has 11 heavy (non-hydrogen) atoms. The van der Waals surface area contributed by atoms with E-state index < -0.39 is 23.6 Å². The molecule has 0 aliphatic heterocycles. The van der Waals surface area contributed by atoms with Gasteiger partial charge >= 0.3 is 5.97 Å². The Morgan fingerprint density at radius 1 is 1.64 bits per heavy atom. The zero-order valence-corrected chi connectivity index (χ0v) is 6.67. The fourth-order valence-corrected chi connectivity index (χ4v) is 0.741. The number of halogens is 1. The first kappa shape index (κ1) is 10.2. The summed E-state index contributed by atoms with van der Waals surface area (Å²) in [5.74, 6) is -1.62. The normalized spacial score (nSPS) is 12.1. The van der Waals surface area contributed by atoms with Crippen LogP contribution in [0.1, 0.15) is 12.8 Å². The summed E-state index contributed by atoms with van der Waals surface area (Å²) in [5, 5.41) is 7.45. The molecule has 62 valence electrons. The van der Waals surface area contributed by atoms with Crippen LogP contribution in [0.3, 0.4) is 0 Å². The molecule has 0 bridgehead atoms. The number of carboxylic acid groups (broad SMARTS) is 1. The lowest BCUT2D eigenvalue weighted by Gasteiger charge is -2.01. The van der Waals surface area contributed by atoms with Crippen molar-refractivity contribution in [3.63, 3.8) is 0 Å². The van der Waals surface area contributed by atoms with Crippen molar-refractivity contribution in [1.82, 2.24) is 0 Å². The van der Waals surface area contributed by atoms with Gasteiger partial charge in [0.1, 0.15) is 6.42 Å². The summed E-state index contributed by atoms with van der Waals surface area (Å²) in [4.78, 5) is 20.8. The van der Waals surface area contributed by atoms with Gasteiger partial charge in [-0.05, 0) is 6.42 Å². The molecule has 0 fully saturated rings.